The summed E-state index contributed by atoms with van der Waals surface area (Å²) in [7, 11) is 0. The van der Waals surface area contributed by atoms with Gasteiger partial charge in [-0.15, -0.1) is 0 Å². The van der Waals surface area contributed by atoms with Crippen LogP contribution < -0.4 is 23.7 Å². The number of benzene rings is 6. The summed E-state index contributed by atoms with van der Waals surface area (Å²) < 4.78 is 57.3. The van der Waals surface area contributed by atoms with Crippen LogP contribution in [0.3, 0.4) is 0 Å². The molecule has 0 aromatic heterocycles. The fourth-order valence-corrected chi connectivity index (χ4v) is 4.42. The van der Waals surface area contributed by atoms with Crippen molar-refractivity contribution >= 4 is 0 Å². The number of hydrogen-bond acceptors (Lipinski definition) is 5. The van der Waals surface area contributed by atoms with Crippen molar-refractivity contribution < 1.29 is 32.5 Å². The van der Waals surface area contributed by atoms with Crippen LogP contribution in [0, 0.1) is 25.5 Å². The van der Waals surface area contributed by atoms with Crippen molar-refractivity contribution in [2.45, 2.75) is 13.8 Å². The predicted octanol–water partition coefficient (Wildman–Crippen LogP) is 11.5. The fourth-order valence-electron chi connectivity index (χ4n) is 4.42. The minimum atomic E-state index is -0.369. The van der Waals surface area contributed by atoms with E-state index in [1.165, 1.54) is 24.3 Å². The van der Waals surface area contributed by atoms with E-state index in [9.17, 15) is 8.78 Å². The van der Waals surface area contributed by atoms with Crippen LogP contribution in [-0.4, -0.2) is 0 Å². The van der Waals surface area contributed by atoms with Gasteiger partial charge in [0.1, 0.15) is 46.1 Å². The molecular formula is C38H28F2O5. The molecule has 45 heavy (non-hydrogen) atoms. The van der Waals surface area contributed by atoms with Gasteiger partial charge < -0.3 is 23.7 Å². The van der Waals surface area contributed by atoms with Gasteiger partial charge in [-0.25, -0.2) is 8.78 Å². The normalized spacial score (nSPS) is 10.7. The molecule has 0 heterocycles. The highest BCUT2D eigenvalue weighted by Gasteiger charge is 2.14. The van der Waals surface area contributed by atoms with Crippen LogP contribution in [0.15, 0.2) is 133 Å². The summed E-state index contributed by atoms with van der Waals surface area (Å²) in [6.07, 6.45) is 0. The second-order valence-electron chi connectivity index (χ2n) is 10.3. The van der Waals surface area contributed by atoms with Gasteiger partial charge in [0, 0.05) is 12.1 Å². The standard InChI is InChI=1S/C38H28F2O5/c1-25-9-19-35(37(21-25)43-31-15-11-29(12-16-31)41-33-7-3-5-27(39)23-33)45-36-20-10-26(2)22-38(36)44-32-17-13-30(14-18-32)42-34-8-4-6-28(40)24-34/h3-24H,1-2H3. The molecule has 0 saturated heterocycles. The zero-order chi connectivity index (χ0) is 31.2. The van der Waals surface area contributed by atoms with E-state index in [1.807, 2.05) is 50.2 Å². The first kappa shape index (κ1) is 29.3. The van der Waals surface area contributed by atoms with Gasteiger partial charge in [-0.2, -0.15) is 0 Å². The van der Waals surface area contributed by atoms with Gasteiger partial charge in [0.2, 0.25) is 0 Å². The van der Waals surface area contributed by atoms with E-state index in [-0.39, 0.29) is 11.6 Å². The molecule has 7 heteroatoms. The summed E-state index contributed by atoms with van der Waals surface area (Å²) in [6, 6.07) is 37.3. The highest BCUT2D eigenvalue weighted by molar-refractivity contribution is 5.52. The molecule has 0 aliphatic heterocycles. The molecule has 0 unspecified atom stereocenters. The first-order chi connectivity index (χ1) is 21.9. The Kier molecular flexibility index (Phi) is 8.60. The molecule has 0 N–H and O–H groups in total. The molecule has 6 rings (SSSR count). The van der Waals surface area contributed by atoms with Crippen LogP contribution in [0.2, 0.25) is 0 Å². The lowest BCUT2D eigenvalue weighted by Gasteiger charge is -2.16. The minimum Gasteiger partial charge on any atom is -0.457 e. The third-order valence-electron chi connectivity index (χ3n) is 6.58. The summed E-state index contributed by atoms with van der Waals surface area (Å²) in [5.74, 6) is 4.31. The second-order valence-corrected chi connectivity index (χ2v) is 10.3. The monoisotopic (exact) mass is 602 g/mol. The Morgan fingerprint density at radius 2 is 0.711 bits per heavy atom. The van der Waals surface area contributed by atoms with Gasteiger partial charge in [0.05, 0.1) is 0 Å². The Morgan fingerprint density at radius 1 is 0.333 bits per heavy atom. The lowest BCUT2D eigenvalue weighted by molar-refractivity contribution is 0.393. The van der Waals surface area contributed by atoms with E-state index < -0.39 is 0 Å². The van der Waals surface area contributed by atoms with Crippen LogP contribution >= 0.6 is 0 Å². The van der Waals surface area contributed by atoms with Crippen LogP contribution in [0.5, 0.6) is 57.5 Å². The number of aryl methyl sites for hydroxylation is 2. The molecule has 0 atom stereocenters. The molecule has 0 fully saturated rings. The van der Waals surface area contributed by atoms with Gasteiger partial charge >= 0.3 is 0 Å². The Morgan fingerprint density at radius 3 is 1.09 bits per heavy atom. The summed E-state index contributed by atoms with van der Waals surface area (Å²) >= 11 is 0. The SMILES string of the molecule is Cc1ccc(Oc2ccc(C)cc2Oc2ccc(Oc3cccc(F)c3)cc2)c(Oc2ccc(Oc3cccc(F)c3)cc2)c1. The average molecular weight is 603 g/mol. The first-order valence-electron chi connectivity index (χ1n) is 14.2. The van der Waals surface area contributed by atoms with Crippen LogP contribution in [0.1, 0.15) is 11.1 Å². The number of halogens is 2. The van der Waals surface area contributed by atoms with Gasteiger partial charge in [0.25, 0.3) is 0 Å². The number of hydrogen-bond donors (Lipinski definition) is 0. The number of ether oxygens (including phenoxy) is 5. The molecule has 0 aliphatic carbocycles. The summed E-state index contributed by atoms with van der Waals surface area (Å²) in [5, 5.41) is 0. The predicted molar refractivity (Wildman–Crippen MR) is 168 cm³/mol. The molecule has 0 aliphatic rings. The molecule has 6 aromatic rings. The summed E-state index contributed by atoms with van der Waals surface area (Å²) in [5.41, 5.74) is 1.98. The third-order valence-corrected chi connectivity index (χ3v) is 6.58. The highest BCUT2D eigenvalue weighted by atomic mass is 19.1. The Bertz CT molecular complexity index is 1780. The molecular weight excluding hydrogens is 574 g/mol. The quantitative estimate of drug-likeness (QED) is 0.156. The lowest BCUT2D eigenvalue weighted by atomic mass is 10.2. The molecule has 6 aromatic carbocycles. The molecule has 0 amide bonds. The smallest absolute Gasteiger partial charge is 0.170 e. The topological polar surface area (TPSA) is 46.2 Å². The lowest BCUT2D eigenvalue weighted by Crippen LogP contribution is -1.95. The van der Waals surface area contributed by atoms with Crippen molar-refractivity contribution in [2.75, 3.05) is 0 Å². The van der Waals surface area contributed by atoms with Crippen LogP contribution in [0.4, 0.5) is 8.78 Å². The fraction of sp³-hybridized carbons (Fsp3) is 0.0526. The molecule has 0 radical (unpaired) electrons. The molecule has 224 valence electrons. The van der Waals surface area contributed by atoms with E-state index in [2.05, 4.69) is 0 Å². The van der Waals surface area contributed by atoms with Gasteiger partial charge in [-0.1, -0.05) is 24.3 Å². The van der Waals surface area contributed by atoms with Crippen molar-refractivity contribution in [1.29, 1.82) is 0 Å². The maximum absolute atomic E-state index is 13.5. The van der Waals surface area contributed by atoms with E-state index in [0.29, 0.717) is 57.5 Å². The molecule has 5 nitrogen and oxygen atoms in total. The van der Waals surface area contributed by atoms with Crippen LogP contribution in [-0.2, 0) is 0 Å². The van der Waals surface area contributed by atoms with E-state index in [4.69, 9.17) is 23.7 Å². The van der Waals surface area contributed by atoms with Crippen molar-refractivity contribution in [3.63, 3.8) is 0 Å². The van der Waals surface area contributed by atoms with Crippen LogP contribution in [0.25, 0.3) is 0 Å². The Hall–Kier alpha value is -5.82. The number of rotatable bonds is 10. The largest absolute Gasteiger partial charge is 0.457 e. The second kappa shape index (κ2) is 13.2. The van der Waals surface area contributed by atoms with Crippen molar-refractivity contribution in [2.24, 2.45) is 0 Å². The highest BCUT2D eigenvalue weighted by Crippen LogP contribution is 2.41. The van der Waals surface area contributed by atoms with Gasteiger partial charge in [0.15, 0.2) is 23.0 Å². The van der Waals surface area contributed by atoms with Crippen molar-refractivity contribution in [1.82, 2.24) is 0 Å². The summed E-state index contributed by atoms with van der Waals surface area (Å²) in [6.45, 7) is 3.93. The van der Waals surface area contributed by atoms with E-state index in [1.54, 1.807) is 72.8 Å². The molecule has 0 bridgehead atoms. The van der Waals surface area contributed by atoms with Gasteiger partial charge in [-0.3, -0.25) is 0 Å². The average Bonchev–Trinajstić information content (AvgIpc) is 3.02. The van der Waals surface area contributed by atoms with Gasteiger partial charge in [-0.05, 0) is 122 Å². The molecule has 0 saturated carbocycles. The zero-order valence-electron chi connectivity index (χ0n) is 24.5. The third kappa shape index (κ3) is 7.77. The Labute approximate surface area is 259 Å². The summed E-state index contributed by atoms with van der Waals surface area (Å²) in [4.78, 5) is 0. The maximum atomic E-state index is 13.5. The Balaban J connectivity index is 1.17. The van der Waals surface area contributed by atoms with E-state index >= 15 is 0 Å². The minimum absolute atomic E-state index is 0.369. The zero-order valence-corrected chi connectivity index (χ0v) is 24.5. The van der Waals surface area contributed by atoms with Crippen molar-refractivity contribution in [3.05, 3.63) is 156 Å². The first-order valence-corrected chi connectivity index (χ1v) is 14.2. The van der Waals surface area contributed by atoms with E-state index in [0.717, 1.165) is 11.1 Å². The molecule has 0 spiro atoms. The maximum Gasteiger partial charge on any atom is 0.170 e. The van der Waals surface area contributed by atoms with Crippen molar-refractivity contribution in [3.8, 4) is 57.5 Å².